The highest BCUT2D eigenvalue weighted by atomic mass is 32.2. The summed E-state index contributed by atoms with van der Waals surface area (Å²) in [6, 6.07) is 8.77. The number of hydrogen-bond acceptors (Lipinski definition) is 2. The number of rotatable bonds is 7. The Kier molecular flexibility index (Phi) is 6.21. The molecule has 1 N–H and O–H groups in total. The lowest BCUT2D eigenvalue weighted by Gasteiger charge is -2.03. The van der Waals surface area contributed by atoms with E-state index in [0.29, 0.717) is 0 Å². The van der Waals surface area contributed by atoms with E-state index in [4.69, 9.17) is 0 Å². The van der Waals surface area contributed by atoms with Crippen LogP contribution in [0.15, 0.2) is 41.8 Å². The van der Waals surface area contributed by atoms with Crippen LogP contribution >= 0.6 is 11.8 Å². The van der Waals surface area contributed by atoms with Crippen LogP contribution in [0.1, 0.15) is 18.4 Å². The molecule has 1 aromatic carbocycles. The van der Waals surface area contributed by atoms with Crippen molar-refractivity contribution in [1.29, 1.82) is 0 Å². The largest absolute Gasteiger partial charge is 0.316 e. The molecule has 0 atom stereocenters. The van der Waals surface area contributed by atoms with Gasteiger partial charge in [-0.1, -0.05) is 18.2 Å². The summed E-state index contributed by atoms with van der Waals surface area (Å²) in [5.41, 5.74) is 1.34. The number of unbranched alkanes of at least 4 members (excludes halogenated alkanes) is 1. The van der Waals surface area contributed by atoms with Crippen molar-refractivity contribution in [2.45, 2.75) is 24.3 Å². The molecule has 0 bridgehead atoms. The Morgan fingerprint density at radius 3 is 2.67 bits per heavy atom. The van der Waals surface area contributed by atoms with Crippen LogP contribution in [0, 0.1) is 0 Å². The summed E-state index contributed by atoms with van der Waals surface area (Å²) in [6.07, 6.45) is 4.31. The SMILES string of the molecule is C=CCCCSc1ccc(CNC)cc1. The zero-order valence-corrected chi connectivity index (χ0v) is 10.1. The Balaban J connectivity index is 2.32. The van der Waals surface area contributed by atoms with Crippen LogP contribution in [0.25, 0.3) is 0 Å². The van der Waals surface area contributed by atoms with Crippen molar-refractivity contribution in [3.8, 4) is 0 Å². The van der Waals surface area contributed by atoms with Gasteiger partial charge in [0.05, 0.1) is 0 Å². The maximum Gasteiger partial charge on any atom is 0.0202 e. The molecule has 0 saturated carbocycles. The molecule has 0 spiro atoms. The summed E-state index contributed by atoms with van der Waals surface area (Å²) < 4.78 is 0. The molecule has 0 aromatic heterocycles. The molecular weight excluding hydrogens is 202 g/mol. The maximum atomic E-state index is 3.72. The van der Waals surface area contributed by atoms with Gasteiger partial charge in [0.25, 0.3) is 0 Å². The van der Waals surface area contributed by atoms with Crippen molar-refractivity contribution in [2.24, 2.45) is 0 Å². The average Bonchev–Trinajstić information content (AvgIpc) is 2.27. The lowest BCUT2D eigenvalue weighted by Crippen LogP contribution is -2.04. The van der Waals surface area contributed by atoms with Gasteiger partial charge >= 0.3 is 0 Å². The van der Waals surface area contributed by atoms with Crippen LogP contribution in [0.2, 0.25) is 0 Å². The standard InChI is InChI=1S/C13H19NS/c1-3-4-5-10-15-13-8-6-12(7-9-13)11-14-2/h3,6-9,14H,1,4-5,10-11H2,2H3. The van der Waals surface area contributed by atoms with Crippen LogP contribution in [0.3, 0.4) is 0 Å². The molecule has 0 fully saturated rings. The summed E-state index contributed by atoms with van der Waals surface area (Å²) in [4.78, 5) is 1.36. The number of hydrogen-bond donors (Lipinski definition) is 1. The first-order valence-corrected chi connectivity index (χ1v) is 6.32. The van der Waals surface area contributed by atoms with Crippen molar-refractivity contribution in [3.05, 3.63) is 42.5 Å². The van der Waals surface area contributed by atoms with Crippen LogP contribution in [-0.4, -0.2) is 12.8 Å². The molecule has 0 amide bonds. The predicted octanol–water partition coefficient (Wildman–Crippen LogP) is 3.46. The molecule has 15 heavy (non-hydrogen) atoms. The van der Waals surface area contributed by atoms with Gasteiger partial charge in [0, 0.05) is 11.4 Å². The Bertz CT molecular complexity index is 279. The number of thioether (sulfide) groups is 1. The molecule has 1 aromatic rings. The molecule has 0 saturated heterocycles. The summed E-state index contributed by atoms with van der Waals surface area (Å²) in [5.74, 6) is 1.18. The third-order valence-electron chi connectivity index (χ3n) is 2.13. The fourth-order valence-corrected chi connectivity index (χ4v) is 2.20. The van der Waals surface area contributed by atoms with Gasteiger partial charge in [0.2, 0.25) is 0 Å². The van der Waals surface area contributed by atoms with E-state index >= 15 is 0 Å². The third-order valence-corrected chi connectivity index (χ3v) is 3.22. The molecule has 1 nitrogen and oxygen atoms in total. The normalized spacial score (nSPS) is 10.2. The predicted molar refractivity (Wildman–Crippen MR) is 69.4 cm³/mol. The van der Waals surface area contributed by atoms with Crippen molar-refractivity contribution in [1.82, 2.24) is 5.32 Å². The maximum absolute atomic E-state index is 3.72. The first-order valence-electron chi connectivity index (χ1n) is 5.34. The quantitative estimate of drug-likeness (QED) is 0.430. The molecule has 82 valence electrons. The van der Waals surface area contributed by atoms with Crippen molar-refractivity contribution >= 4 is 11.8 Å². The molecule has 0 radical (unpaired) electrons. The summed E-state index contributed by atoms with van der Waals surface area (Å²) >= 11 is 1.92. The van der Waals surface area contributed by atoms with Crippen LogP contribution in [0.4, 0.5) is 0 Å². The van der Waals surface area contributed by atoms with E-state index in [9.17, 15) is 0 Å². The molecule has 2 heteroatoms. The van der Waals surface area contributed by atoms with E-state index in [1.165, 1.54) is 22.6 Å². The molecule has 0 aliphatic rings. The number of nitrogens with one attached hydrogen (secondary N) is 1. The van der Waals surface area contributed by atoms with E-state index in [0.717, 1.165) is 13.0 Å². The molecule has 0 heterocycles. The topological polar surface area (TPSA) is 12.0 Å². The summed E-state index contributed by atoms with van der Waals surface area (Å²) in [6.45, 7) is 4.67. The fourth-order valence-electron chi connectivity index (χ4n) is 1.33. The van der Waals surface area contributed by atoms with E-state index in [-0.39, 0.29) is 0 Å². The molecule has 0 aliphatic heterocycles. The second kappa shape index (κ2) is 7.55. The van der Waals surface area contributed by atoms with Crippen molar-refractivity contribution in [2.75, 3.05) is 12.8 Å². The molecule has 0 aliphatic carbocycles. The molecule has 1 rings (SSSR count). The number of benzene rings is 1. The lowest BCUT2D eigenvalue weighted by atomic mass is 10.2. The first kappa shape index (κ1) is 12.3. The minimum absolute atomic E-state index is 0.946. The van der Waals surface area contributed by atoms with Gasteiger partial charge in [-0.25, -0.2) is 0 Å². The van der Waals surface area contributed by atoms with Gasteiger partial charge < -0.3 is 5.32 Å². The Labute approximate surface area is 97.0 Å². The lowest BCUT2D eigenvalue weighted by molar-refractivity contribution is 0.817. The Hall–Kier alpha value is -0.730. The second-order valence-corrected chi connectivity index (χ2v) is 4.62. The van der Waals surface area contributed by atoms with Crippen LogP contribution in [-0.2, 0) is 6.54 Å². The fraction of sp³-hybridized carbons (Fsp3) is 0.385. The van der Waals surface area contributed by atoms with Gasteiger partial charge in [0.1, 0.15) is 0 Å². The van der Waals surface area contributed by atoms with Gasteiger partial charge in [0.15, 0.2) is 0 Å². The smallest absolute Gasteiger partial charge is 0.0202 e. The molecule has 0 unspecified atom stereocenters. The monoisotopic (exact) mass is 221 g/mol. The van der Waals surface area contributed by atoms with Gasteiger partial charge in [-0.3, -0.25) is 0 Å². The highest BCUT2D eigenvalue weighted by Gasteiger charge is 1.94. The highest BCUT2D eigenvalue weighted by Crippen LogP contribution is 2.19. The summed E-state index contributed by atoms with van der Waals surface area (Å²) in [5, 5.41) is 3.15. The minimum Gasteiger partial charge on any atom is -0.316 e. The van der Waals surface area contributed by atoms with Crippen LogP contribution < -0.4 is 5.32 Å². The van der Waals surface area contributed by atoms with E-state index in [1.807, 2.05) is 24.9 Å². The van der Waals surface area contributed by atoms with Crippen LogP contribution in [0.5, 0.6) is 0 Å². The van der Waals surface area contributed by atoms with Gasteiger partial charge in [-0.15, -0.1) is 18.3 Å². The van der Waals surface area contributed by atoms with Gasteiger partial charge in [-0.2, -0.15) is 0 Å². The van der Waals surface area contributed by atoms with Crippen molar-refractivity contribution < 1.29 is 0 Å². The zero-order valence-electron chi connectivity index (χ0n) is 9.33. The van der Waals surface area contributed by atoms with Gasteiger partial charge in [-0.05, 0) is 43.3 Å². The zero-order chi connectivity index (χ0) is 10.9. The third kappa shape index (κ3) is 5.05. The Morgan fingerprint density at radius 1 is 1.33 bits per heavy atom. The van der Waals surface area contributed by atoms with E-state index in [2.05, 4.69) is 36.2 Å². The highest BCUT2D eigenvalue weighted by molar-refractivity contribution is 7.99. The first-order chi connectivity index (χ1) is 7.36. The molecular formula is C13H19NS. The second-order valence-electron chi connectivity index (χ2n) is 3.45. The average molecular weight is 221 g/mol. The van der Waals surface area contributed by atoms with E-state index < -0.39 is 0 Å². The minimum atomic E-state index is 0.946. The number of allylic oxidation sites excluding steroid dienone is 1. The summed E-state index contributed by atoms with van der Waals surface area (Å²) in [7, 11) is 1.97. The Morgan fingerprint density at radius 2 is 2.07 bits per heavy atom. The van der Waals surface area contributed by atoms with E-state index in [1.54, 1.807) is 0 Å². The van der Waals surface area contributed by atoms with Crippen molar-refractivity contribution in [3.63, 3.8) is 0 Å².